The van der Waals surface area contributed by atoms with E-state index in [2.05, 4.69) is 15.3 Å². The van der Waals surface area contributed by atoms with Gasteiger partial charge in [-0.25, -0.2) is 4.98 Å². The minimum Gasteiger partial charge on any atom is -0.396 e. The molecule has 2 N–H and O–H groups in total. The molecule has 1 amide bonds. The van der Waals surface area contributed by atoms with Crippen LogP contribution in [0, 0.1) is 5.41 Å². The fourth-order valence-electron chi connectivity index (χ4n) is 0.918. The molecule has 6 heteroatoms. The molecule has 0 spiro atoms. The van der Waals surface area contributed by atoms with Crippen LogP contribution < -0.4 is 5.32 Å². The van der Waals surface area contributed by atoms with Crippen LogP contribution in [-0.4, -0.2) is 34.1 Å². The normalized spacial score (nSPS) is 11.2. The van der Waals surface area contributed by atoms with Crippen LogP contribution in [0.5, 0.6) is 0 Å². The van der Waals surface area contributed by atoms with Gasteiger partial charge in [-0.2, -0.15) is 0 Å². The van der Waals surface area contributed by atoms with Crippen LogP contribution in [-0.2, 0) is 0 Å². The lowest BCUT2D eigenvalue weighted by atomic mass is 9.95. The zero-order valence-corrected chi connectivity index (χ0v) is 9.95. The van der Waals surface area contributed by atoms with Crippen LogP contribution in [0.1, 0.15) is 24.3 Å². The molecule has 0 aliphatic carbocycles. The van der Waals surface area contributed by atoms with Crippen molar-refractivity contribution in [3.63, 3.8) is 0 Å². The minimum atomic E-state index is -0.359. The largest absolute Gasteiger partial charge is 0.396 e. The number of carbonyl (C=O) groups is 1. The molecule has 0 fully saturated rings. The molecule has 88 valence electrons. The monoisotopic (exact) mass is 243 g/mol. The molecule has 0 radical (unpaired) electrons. The Bertz CT molecular complexity index is 382. The molecule has 1 aromatic heterocycles. The fourth-order valence-corrected chi connectivity index (χ4v) is 1.06. The van der Waals surface area contributed by atoms with Crippen LogP contribution in [0.15, 0.2) is 12.4 Å². The summed E-state index contributed by atoms with van der Waals surface area (Å²) in [4.78, 5) is 19.2. The summed E-state index contributed by atoms with van der Waals surface area (Å²) in [5.74, 6) is -0.350. The second kappa shape index (κ2) is 5.23. The molecule has 0 bridgehead atoms. The van der Waals surface area contributed by atoms with Gasteiger partial charge >= 0.3 is 0 Å². The van der Waals surface area contributed by atoms with Crippen molar-refractivity contribution in [2.24, 2.45) is 5.41 Å². The van der Waals surface area contributed by atoms with Crippen LogP contribution in [0.25, 0.3) is 0 Å². The Hall–Kier alpha value is -1.20. The molecule has 0 atom stereocenters. The number of nitrogens with zero attached hydrogens (tertiary/aromatic N) is 2. The smallest absolute Gasteiger partial charge is 0.271 e. The molecule has 1 aromatic rings. The number of aromatic nitrogens is 2. The van der Waals surface area contributed by atoms with E-state index < -0.39 is 0 Å². The van der Waals surface area contributed by atoms with Gasteiger partial charge in [-0.15, -0.1) is 0 Å². The minimum absolute atomic E-state index is 0.00545. The lowest BCUT2D eigenvalue weighted by Gasteiger charge is -2.21. The Morgan fingerprint density at radius 1 is 1.56 bits per heavy atom. The van der Waals surface area contributed by atoms with E-state index in [1.54, 1.807) is 0 Å². The van der Waals surface area contributed by atoms with Crippen molar-refractivity contribution in [3.8, 4) is 0 Å². The summed E-state index contributed by atoms with van der Waals surface area (Å²) in [5.41, 5.74) is -0.192. The maximum Gasteiger partial charge on any atom is 0.271 e. The van der Waals surface area contributed by atoms with E-state index in [1.807, 2.05) is 13.8 Å². The van der Waals surface area contributed by atoms with Gasteiger partial charge in [0.25, 0.3) is 5.91 Å². The number of hydrogen-bond acceptors (Lipinski definition) is 4. The molecule has 0 unspecified atom stereocenters. The maximum absolute atomic E-state index is 11.6. The summed E-state index contributed by atoms with van der Waals surface area (Å²) in [6.07, 6.45) is 2.70. The predicted molar refractivity (Wildman–Crippen MR) is 60.2 cm³/mol. The SMILES string of the molecule is CC(C)(CO)CNC(=O)c1cncc(Cl)n1. The average Bonchev–Trinajstić information content (AvgIpc) is 2.26. The van der Waals surface area contributed by atoms with Gasteiger partial charge in [0.1, 0.15) is 10.8 Å². The topological polar surface area (TPSA) is 75.1 Å². The van der Waals surface area contributed by atoms with Crippen LogP contribution in [0.3, 0.4) is 0 Å². The van der Waals surface area contributed by atoms with Gasteiger partial charge in [-0.1, -0.05) is 25.4 Å². The number of rotatable bonds is 4. The summed E-state index contributed by atoms with van der Waals surface area (Å²) in [6.45, 7) is 4.04. The molecule has 5 nitrogen and oxygen atoms in total. The number of aliphatic hydroxyl groups excluding tert-OH is 1. The molecular weight excluding hydrogens is 230 g/mol. The number of amides is 1. The summed E-state index contributed by atoms with van der Waals surface area (Å²) < 4.78 is 0. The average molecular weight is 244 g/mol. The number of halogens is 1. The molecule has 0 aliphatic heterocycles. The lowest BCUT2D eigenvalue weighted by Crippen LogP contribution is -2.36. The van der Waals surface area contributed by atoms with E-state index in [0.717, 1.165) is 0 Å². The molecule has 0 aromatic carbocycles. The van der Waals surface area contributed by atoms with Gasteiger partial charge in [-0.05, 0) is 0 Å². The highest BCUT2D eigenvalue weighted by Gasteiger charge is 2.18. The highest BCUT2D eigenvalue weighted by molar-refractivity contribution is 6.29. The van der Waals surface area contributed by atoms with E-state index >= 15 is 0 Å². The Kier molecular flexibility index (Phi) is 4.20. The first-order chi connectivity index (χ1) is 7.44. The molecule has 1 rings (SSSR count). The first-order valence-corrected chi connectivity index (χ1v) is 5.19. The molecule has 0 saturated carbocycles. The Balaban J connectivity index is 2.60. The van der Waals surface area contributed by atoms with Crippen molar-refractivity contribution in [2.75, 3.05) is 13.2 Å². The van der Waals surface area contributed by atoms with Crippen molar-refractivity contribution < 1.29 is 9.90 Å². The summed E-state index contributed by atoms with van der Waals surface area (Å²) in [5, 5.41) is 11.9. The van der Waals surface area contributed by atoms with E-state index in [1.165, 1.54) is 12.4 Å². The van der Waals surface area contributed by atoms with Crippen molar-refractivity contribution in [1.29, 1.82) is 0 Å². The second-order valence-corrected chi connectivity index (χ2v) is 4.62. The van der Waals surface area contributed by atoms with Gasteiger partial charge < -0.3 is 10.4 Å². The third-order valence-corrected chi connectivity index (χ3v) is 2.18. The molecule has 1 heterocycles. The first kappa shape index (κ1) is 12.9. The van der Waals surface area contributed by atoms with Gasteiger partial charge in [0.15, 0.2) is 0 Å². The summed E-state index contributed by atoms with van der Waals surface area (Å²) in [6, 6.07) is 0. The zero-order chi connectivity index (χ0) is 12.2. The third-order valence-electron chi connectivity index (χ3n) is 1.99. The number of hydrogen-bond donors (Lipinski definition) is 2. The van der Waals surface area contributed by atoms with Crippen molar-refractivity contribution in [1.82, 2.24) is 15.3 Å². The first-order valence-electron chi connectivity index (χ1n) is 4.81. The van der Waals surface area contributed by atoms with Crippen molar-refractivity contribution >= 4 is 17.5 Å². The quantitative estimate of drug-likeness (QED) is 0.823. The summed E-state index contributed by atoms with van der Waals surface area (Å²) >= 11 is 5.61. The zero-order valence-electron chi connectivity index (χ0n) is 9.20. The van der Waals surface area contributed by atoms with Crippen LogP contribution >= 0.6 is 11.6 Å². The second-order valence-electron chi connectivity index (χ2n) is 4.23. The van der Waals surface area contributed by atoms with E-state index in [0.29, 0.717) is 6.54 Å². The summed E-state index contributed by atoms with van der Waals surface area (Å²) in [7, 11) is 0. The standard InChI is InChI=1S/C10H14ClN3O2/c1-10(2,6-15)5-13-9(16)7-3-12-4-8(11)14-7/h3-4,15H,5-6H2,1-2H3,(H,13,16). The Labute approximate surface area is 98.9 Å². The van der Waals surface area contributed by atoms with Gasteiger partial charge in [-0.3, -0.25) is 9.78 Å². The Morgan fingerprint density at radius 3 is 2.81 bits per heavy atom. The number of nitrogens with one attached hydrogen (secondary N) is 1. The van der Waals surface area contributed by atoms with E-state index in [-0.39, 0.29) is 28.8 Å². The van der Waals surface area contributed by atoms with E-state index in [4.69, 9.17) is 16.7 Å². The predicted octanol–water partition coefficient (Wildman–Crippen LogP) is 0.878. The third kappa shape index (κ3) is 3.75. The highest BCUT2D eigenvalue weighted by atomic mass is 35.5. The van der Waals surface area contributed by atoms with E-state index in [9.17, 15) is 4.79 Å². The van der Waals surface area contributed by atoms with Crippen LogP contribution in [0.2, 0.25) is 5.15 Å². The highest BCUT2D eigenvalue weighted by Crippen LogP contribution is 2.11. The van der Waals surface area contributed by atoms with Crippen molar-refractivity contribution in [2.45, 2.75) is 13.8 Å². The lowest BCUT2D eigenvalue weighted by molar-refractivity contribution is 0.0905. The van der Waals surface area contributed by atoms with Crippen LogP contribution in [0.4, 0.5) is 0 Å². The van der Waals surface area contributed by atoms with Crippen molar-refractivity contribution in [3.05, 3.63) is 23.2 Å². The fraction of sp³-hybridized carbons (Fsp3) is 0.500. The van der Waals surface area contributed by atoms with Gasteiger partial charge in [0.2, 0.25) is 0 Å². The Morgan fingerprint density at radius 2 is 2.25 bits per heavy atom. The molecule has 0 saturated heterocycles. The maximum atomic E-state index is 11.6. The molecule has 16 heavy (non-hydrogen) atoms. The molecule has 0 aliphatic rings. The molecular formula is C10H14ClN3O2. The van der Waals surface area contributed by atoms with Gasteiger partial charge in [0.05, 0.1) is 12.4 Å². The number of carbonyl (C=O) groups excluding carboxylic acids is 1. The van der Waals surface area contributed by atoms with Gasteiger partial charge in [0, 0.05) is 18.6 Å². The number of aliphatic hydroxyl groups is 1.